The number of halogens is 1. The van der Waals surface area contributed by atoms with Crippen molar-refractivity contribution in [1.82, 2.24) is 5.32 Å². The van der Waals surface area contributed by atoms with Gasteiger partial charge in [-0.2, -0.15) is 0 Å². The van der Waals surface area contributed by atoms with Crippen LogP contribution >= 0.6 is 11.6 Å². The molecule has 19 heavy (non-hydrogen) atoms. The third-order valence-electron chi connectivity index (χ3n) is 3.28. The smallest absolute Gasteiger partial charge is 0.152 e. The summed E-state index contributed by atoms with van der Waals surface area (Å²) in [6.07, 6.45) is 1.10. The number of para-hydroxylation sites is 1. The maximum atomic E-state index is 6.15. The van der Waals surface area contributed by atoms with Gasteiger partial charge in [-0.15, -0.1) is 0 Å². The van der Waals surface area contributed by atoms with Crippen LogP contribution in [0, 0.1) is 0 Å². The van der Waals surface area contributed by atoms with Crippen molar-refractivity contribution in [2.24, 2.45) is 0 Å². The fourth-order valence-electron chi connectivity index (χ4n) is 2.13. The molecule has 0 radical (unpaired) electrons. The Morgan fingerprint density at radius 3 is 2.84 bits per heavy atom. The quantitative estimate of drug-likeness (QED) is 0.863. The van der Waals surface area contributed by atoms with Crippen LogP contribution in [-0.4, -0.2) is 19.8 Å². The van der Waals surface area contributed by atoms with Gasteiger partial charge in [0.1, 0.15) is 5.76 Å². The number of nitrogens with one attached hydrogen (secondary N) is 1. The molecule has 0 saturated heterocycles. The first-order valence-electron chi connectivity index (χ1n) is 6.61. The highest BCUT2D eigenvalue weighted by Gasteiger charge is 2.22. The molecule has 0 aliphatic heterocycles. The van der Waals surface area contributed by atoms with Gasteiger partial charge < -0.3 is 14.5 Å². The molecule has 0 bridgehead atoms. The summed E-state index contributed by atoms with van der Waals surface area (Å²) in [4.78, 5) is 0. The summed E-state index contributed by atoms with van der Waals surface area (Å²) in [5, 5.41) is 5.12. The van der Waals surface area contributed by atoms with Crippen molar-refractivity contribution >= 4 is 22.6 Å². The number of benzene rings is 1. The fourth-order valence-corrected chi connectivity index (χ4v) is 2.35. The molecule has 0 spiro atoms. The molecular formula is C15H20ClNO2. The lowest BCUT2D eigenvalue weighted by molar-refractivity contribution is 0.0760. The zero-order chi connectivity index (χ0) is 13.8. The van der Waals surface area contributed by atoms with E-state index in [-0.39, 0.29) is 12.1 Å². The Labute approximate surface area is 118 Å². The minimum atomic E-state index is 0.0332. The normalized spacial score (nSPS) is 14.7. The van der Waals surface area contributed by atoms with E-state index in [4.69, 9.17) is 20.8 Å². The van der Waals surface area contributed by atoms with Gasteiger partial charge in [0.25, 0.3) is 0 Å². The second kappa shape index (κ2) is 6.42. The molecule has 104 valence electrons. The standard InChI is InChI=1S/C15H20ClNO2/c1-4-8-17-14(10(2)18-3)13-9-11-6-5-7-12(16)15(11)19-13/h5-7,9-10,14,17H,4,8H2,1-3H3. The van der Waals surface area contributed by atoms with Gasteiger partial charge in [0.05, 0.1) is 17.2 Å². The molecule has 1 N–H and O–H groups in total. The SMILES string of the molecule is CCCNC(c1cc2cccc(Cl)c2o1)C(C)OC. The predicted octanol–water partition coefficient (Wildman–Crippen LogP) is 4.16. The van der Waals surface area contributed by atoms with Gasteiger partial charge in [-0.05, 0) is 32.0 Å². The van der Waals surface area contributed by atoms with E-state index < -0.39 is 0 Å². The van der Waals surface area contributed by atoms with Crippen LogP contribution < -0.4 is 5.32 Å². The summed E-state index contributed by atoms with van der Waals surface area (Å²) in [5.74, 6) is 0.867. The van der Waals surface area contributed by atoms with E-state index in [1.165, 1.54) is 0 Å². The van der Waals surface area contributed by atoms with Gasteiger partial charge in [0.15, 0.2) is 5.58 Å². The van der Waals surface area contributed by atoms with Crippen LogP contribution in [0.4, 0.5) is 0 Å². The number of methoxy groups -OCH3 is 1. The molecule has 0 amide bonds. The number of fused-ring (bicyclic) bond motifs is 1. The van der Waals surface area contributed by atoms with Gasteiger partial charge in [-0.1, -0.05) is 30.7 Å². The Morgan fingerprint density at radius 2 is 2.21 bits per heavy atom. The van der Waals surface area contributed by atoms with Crippen molar-refractivity contribution in [3.05, 3.63) is 35.0 Å². The Kier molecular flexibility index (Phi) is 4.86. The van der Waals surface area contributed by atoms with Crippen LogP contribution in [0.2, 0.25) is 5.02 Å². The summed E-state index contributed by atoms with van der Waals surface area (Å²) < 4.78 is 11.3. The number of furan rings is 1. The van der Waals surface area contributed by atoms with Crippen molar-refractivity contribution in [2.75, 3.05) is 13.7 Å². The Hall–Kier alpha value is -1.03. The van der Waals surface area contributed by atoms with Crippen molar-refractivity contribution in [3.63, 3.8) is 0 Å². The predicted molar refractivity (Wildman–Crippen MR) is 78.7 cm³/mol. The zero-order valence-corrected chi connectivity index (χ0v) is 12.3. The van der Waals surface area contributed by atoms with Crippen molar-refractivity contribution in [1.29, 1.82) is 0 Å². The lowest BCUT2D eigenvalue weighted by atomic mass is 10.1. The first-order valence-corrected chi connectivity index (χ1v) is 6.99. The van der Waals surface area contributed by atoms with Crippen LogP contribution in [0.15, 0.2) is 28.7 Å². The summed E-state index contributed by atoms with van der Waals surface area (Å²) in [6, 6.07) is 7.84. The third-order valence-corrected chi connectivity index (χ3v) is 3.57. The molecule has 0 fully saturated rings. The first kappa shape index (κ1) is 14.4. The maximum Gasteiger partial charge on any atom is 0.152 e. The summed E-state index contributed by atoms with van der Waals surface area (Å²) in [6.45, 7) is 5.09. The Morgan fingerprint density at radius 1 is 1.42 bits per heavy atom. The number of hydrogen-bond acceptors (Lipinski definition) is 3. The van der Waals surface area contributed by atoms with Crippen LogP contribution in [0.3, 0.4) is 0 Å². The highest BCUT2D eigenvalue weighted by molar-refractivity contribution is 6.34. The van der Waals surface area contributed by atoms with E-state index in [9.17, 15) is 0 Å². The molecule has 1 heterocycles. The van der Waals surface area contributed by atoms with Gasteiger partial charge >= 0.3 is 0 Å². The second-order valence-corrected chi connectivity index (χ2v) is 5.09. The zero-order valence-electron chi connectivity index (χ0n) is 11.6. The van der Waals surface area contributed by atoms with Crippen LogP contribution in [0.25, 0.3) is 11.0 Å². The summed E-state index contributed by atoms with van der Waals surface area (Å²) in [5.41, 5.74) is 0.741. The summed E-state index contributed by atoms with van der Waals surface area (Å²) >= 11 is 6.15. The van der Waals surface area contributed by atoms with E-state index >= 15 is 0 Å². The molecule has 2 atom stereocenters. The molecule has 4 heteroatoms. The Bertz CT molecular complexity index is 538. The van der Waals surface area contributed by atoms with Gasteiger partial charge in [0, 0.05) is 12.5 Å². The molecule has 1 aromatic carbocycles. The van der Waals surface area contributed by atoms with E-state index in [0.29, 0.717) is 5.02 Å². The monoisotopic (exact) mass is 281 g/mol. The number of hydrogen-bond donors (Lipinski definition) is 1. The second-order valence-electron chi connectivity index (χ2n) is 4.68. The topological polar surface area (TPSA) is 34.4 Å². The molecule has 2 aromatic rings. The average Bonchev–Trinajstić information content (AvgIpc) is 2.84. The molecule has 0 aliphatic carbocycles. The molecule has 0 saturated carbocycles. The fraction of sp³-hybridized carbons (Fsp3) is 0.467. The molecule has 2 unspecified atom stereocenters. The van der Waals surface area contributed by atoms with Crippen LogP contribution in [0.5, 0.6) is 0 Å². The molecular weight excluding hydrogens is 262 g/mol. The lowest BCUT2D eigenvalue weighted by Crippen LogP contribution is -2.31. The van der Waals surface area contributed by atoms with Gasteiger partial charge in [-0.3, -0.25) is 0 Å². The lowest BCUT2D eigenvalue weighted by Gasteiger charge is -2.22. The van der Waals surface area contributed by atoms with E-state index in [2.05, 4.69) is 12.2 Å². The van der Waals surface area contributed by atoms with Crippen LogP contribution in [0.1, 0.15) is 32.1 Å². The van der Waals surface area contributed by atoms with Crippen molar-refractivity contribution < 1.29 is 9.15 Å². The van der Waals surface area contributed by atoms with E-state index in [1.807, 2.05) is 31.2 Å². The molecule has 1 aromatic heterocycles. The highest BCUT2D eigenvalue weighted by Crippen LogP contribution is 2.31. The number of rotatable bonds is 6. The van der Waals surface area contributed by atoms with Crippen molar-refractivity contribution in [2.45, 2.75) is 32.4 Å². The summed E-state index contributed by atoms with van der Waals surface area (Å²) in [7, 11) is 1.71. The average molecular weight is 282 g/mol. The third kappa shape index (κ3) is 3.11. The van der Waals surface area contributed by atoms with Crippen LogP contribution in [-0.2, 0) is 4.74 Å². The van der Waals surface area contributed by atoms with Crippen molar-refractivity contribution in [3.8, 4) is 0 Å². The van der Waals surface area contributed by atoms with E-state index in [0.717, 1.165) is 29.7 Å². The molecule has 2 rings (SSSR count). The van der Waals surface area contributed by atoms with E-state index in [1.54, 1.807) is 7.11 Å². The maximum absolute atomic E-state index is 6.15. The minimum absolute atomic E-state index is 0.0332. The first-order chi connectivity index (χ1) is 9.17. The Balaban J connectivity index is 2.35. The van der Waals surface area contributed by atoms with Gasteiger partial charge in [-0.25, -0.2) is 0 Å². The highest BCUT2D eigenvalue weighted by atomic mass is 35.5. The largest absolute Gasteiger partial charge is 0.458 e. The molecule has 0 aliphatic rings. The molecule has 3 nitrogen and oxygen atoms in total. The number of ether oxygens (including phenoxy) is 1. The minimum Gasteiger partial charge on any atom is -0.458 e. The van der Waals surface area contributed by atoms with Gasteiger partial charge in [0.2, 0.25) is 0 Å².